The van der Waals surface area contributed by atoms with Crippen LogP contribution in [0, 0.1) is 0 Å². The molecule has 1 aliphatic heterocycles. The molecular weight excluding hydrogens is 1060 g/mol. The molecule has 5 aromatic carbocycles. The molecular formula is C69H87F3O11. The number of hydrogen-bond donors (Lipinski definition) is 0. The van der Waals surface area contributed by atoms with Gasteiger partial charge in [0.2, 0.25) is 0 Å². The van der Waals surface area contributed by atoms with E-state index in [1.807, 2.05) is 0 Å². The Morgan fingerprint density at radius 1 is 0.422 bits per heavy atom. The summed E-state index contributed by atoms with van der Waals surface area (Å²) >= 11 is 0. The van der Waals surface area contributed by atoms with Crippen LogP contribution in [0.25, 0.3) is 0 Å². The van der Waals surface area contributed by atoms with Gasteiger partial charge in [0.15, 0.2) is 0 Å². The number of ether oxygens (including phenoxy) is 7. The van der Waals surface area contributed by atoms with Crippen molar-refractivity contribution >= 4 is 23.9 Å². The maximum atomic E-state index is 13.6. The molecule has 1 fully saturated rings. The van der Waals surface area contributed by atoms with Gasteiger partial charge in [0.1, 0.15) is 41.8 Å². The normalized spacial score (nSPS) is 15.1. The largest absolute Gasteiger partial charge is 0.494 e. The zero-order valence-electron chi connectivity index (χ0n) is 48.9. The smallest absolute Gasteiger partial charge is 0.416 e. The van der Waals surface area contributed by atoms with Gasteiger partial charge in [0.05, 0.1) is 47.1 Å². The molecule has 3 atom stereocenters. The van der Waals surface area contributed by atoms with E-state index in [2.05, 4.69) is 13.8 Å². The third kappa shape index (κ3) is 24.2. The standard InChI is InChI=1S/C69H87F3O11/c1-3-5-7-9-11-13-15-17-19-21-23-25-49-77-58-39-43-60(44-40-58)80-66(74)54-29-27-53(28-30-54)65(73)79-51-64-63(48-47-62(82-64)52-35-37-57(38-36-52)69(70,71)72)83-68(76)56-33-31-55(32-34-56)67(75)81-61-45-41-59(42-46-61)78-50-26-24-22-20-18-16-14-12-10-8-6-4-2/h27-46,62-64H,3-26,47-51H2,1-2H3/t62-,63+,64-/m1/s1. The fraction of sp³-hybridized carbons (Fsp3) is 0.507. The van der Waals surface area contributed by atoms with Gasteiger partial charge in [-0.1, -0.05) is 167 Å². The van der Waals surface area contributed by atoms with Gasteiger partial charge in [0.25, 0.3) is 0 Å². The van der Waals surface area contributed by atoms with Crippen LogP contribution in [0.2, 0.25) is 0 Å². The van der Waals surface area contributed by atoms with Gasteiger partial charge in [-0.2, -0.15) is 13.2 Å². The number of carbonyl (C=O) groups is 4. The van der Waals surface area contributed by atoms with E-state index in [1.54, 1.807) is 48.5 Å². The third-order valence-electron chi connectivity index (χ3n) is 15.0. The van der Waals surface area contributed by atoms with Crippen molar-refractivity contribution in [2.75, 3.05) is 19.8 Å². The van der Waals surface area contributed by atoms with Gasteiger partial charge in [-0.05, 0) is 140 Å². The van der Waals surface area contributed by atoms with Crippen LogP contribution in [0.4, 0.5) is 13.2 Å². The Kier molecular flexibility index (Phi) is 29.0. The zero-order valence-corrected chi connectivity index (χ0v) is 48.9. The number of alkyl halides is 3. The average molecular weight is 1150 g/mol. The predicted molar refractivity (Wildman–Crippen MR) is 317 cm³/mol. The topological polar surface area (TPSA) is 133 Å². The molecule has 0 unspecified atom stereocenters. The molecule has 0 aromatic heterocycles. The van der Waals surface area contributed by atoms with Crippen LogP contribution in [0.3, 0.4) is 0 Å². The quantitative estimate of drug-likeness (QED) is 0.0212. The molecule has 5 aromatic rings. The maximum absolute atomic E-state index is 13.6. The first-order valence-corrected chi connectivity index (χ1v) is 30.7. The zero-order chi connectivity index (χ0) is 58.9. The van der Waals surface area contributed by atoms with E-state index in [4.69, 9.17) is 33.2 Å². The Morgan fingerprint density at radius 2 is 0.771 bits per heavy atom. The first-order chi connectivity index (χ1) is 40.4. The Labute approximate surface area is 490 Å². The summed E-state index contributed by atoms with van der Waals surface area (Å²) in [4.78, 5) is 53.1. The second-order valence-corrected chi connectivity index (χ2v) is 21.8. The van der Waals surface area contributed by atoms with Crippen molar-refractivity contribution in [3.8, 4) is 23.0 Å². The van der Waals surface area contributed by atoms with Crippen LogP contribution in [-0.4, -0.2) is 55.9 Å². The number of esters is 4. The number of benzene rings is 5. The molecule has 0 amide bonds. The summed E-state index contributed by atoms with van der Waals surface area (Å²) in [6.45, 7) is 5.34. The van der Waals surface area contributed by atoms with Gasteiger partial charge in [0, 0.05) is 0 Å². The second-order valence-electron chi connectivity index (χ2n) is 21.8. The summed E-state index contributed by atoms with van der Waals surface area (Å²) in [6, 6.07) is 29.7. The number of halogens is 3. The van der Waals surface area contributed by atoms with E-state index >= 15 is 0 Å². The lowest BCUT2D eigenvalue weighted by Crippen LogP contribution is -2.42. The SMILES string of the molecule is CCCCCCCCCCCCCCOc1ccc(OC(=O)c2ccc(C(=O)OC[C@H]3O[C@@H](c4ccc(C(F)(F)F)cc4)CC[C@@H]3OC(=O)c3ccc(C(=O)Oc4ccc(OCCCCCCCCCCCCCC)cc4)cc3)cc2)cc1. The Hall–Kier alpha value is -6.67. The van der Waals surface area contributed by atoms with Crippen LogP contribution in [0.1, 0.15) is 239 Å². The van der Waals surface area contributed by atoms with E-state index in [0.717, 1.165) is 37.8 Å². The van der Waals surface area contributed by atoms with E-state index < -0.39 is 53.9 Å². The van der Waals surface area contributed by atoms with Crippen LogP contribution < -0.4 is 18.9 Å². The number of unbranched alkanes of at least 4 members (excludes halogenated alkanes) is 22. The molecule has 1 saturated heterocycles. The van der Waals surface area contributed by atoms with Crippen LogP contribution in [0.5, 0.6) is 23.0 Å². The van der Waals surface area contributed by atoms with Crippen molar-refractivity contribution in [3.63, 3.8) is 0 Å². The van der Waals surface area contributed by atoms with E-state index in [1.165, 1.54) is 189 Å². The van der Waals surface area contributed by atoms with Gasteiger partial charge >= 0.3 is 30.1 Å². The minimum absolute atomic E-state index is 0.115. The van der Waals surface area contributed by atoms with Gasteiger partial charge in [-0.3, -0.25) is 0 Å². The van der Waals surface area contributed by atoms with Crippen molar-refractivity contribution in [2.45, 2.75) is 205 Å². The molecule has 11 nitrogen and oxygen atoms in total. The highest BCUT2D eigenvalue weighted by Gasteiger charge is 2.37. The highest BCUT2D eigenvalue weighted by Crippen LogP contribution is 2.36. The number of hydrogen-bond acceptors (Lipinski definition) is 11. The fourth-order valence-electron chi connectivity index (χ4n) is 10.0. The van der Waals surface area contributed by atoms with Gasteiger partial charge in [-0.15, -0.1) is 0 Å². The summed E-state index contributed by atoms with van der Waals surface area (Å²) in [6.07, 6.45) is 23.8. The highest BCUT2D eigenvalue weighted by atomic mass is 19.4. The molecule has 6 rings (SSSR count). The summed E-state index contributed by atoms with van der Waals surface area (Å²) < 4.78 is 81.1. The maximum Gasteiger partial charge on any atom is 0.416 e. The number of rotatable bonds is 38. The number of carbonyl (C=O) groups excluding carboxylic acids is 4. The van der Waals surface area contributed by atoms with Gasteiger partial charge < -0.3 is 33.2 Å². The highest BCUT2D eigenvalue weighted by molar-refractivity contribution is 5.95. The van der Waals surface area contributed by atoms with Crippen LogP contribution in [-0.2, 0) is 20.4 Å². The minimum Gasteiger partial charge on any atom is -0.494 e. The summed E-state index contributed by atoms with van der Waals surface area (Å²) in [5.74, 6) is -0.736. The second kappa shape index (κ2) is 36.8. The summed E-state index contributed by atoms with van der Waals surface area (Å²) in [5.41, 5.74) is 0.279. The molecule has 0 aliphatic carbocycles. The predicted octanol–water partition coefficient (Wildman–Crippen LogP) is 18.6. The minimum atomic E-state index is -4.53. The van der Waals surface area contributed by atoms with E-state index in [-0.39, 0.29) is 41.7 Å². The third-order valence-corrected chi connectivity index (χ3v) is 15.0. The lowest BCUT2D eigenvalue weighted by Gasteiger charge is -2.36. The lowest BCUT2D eigenvalue weighted by molar-refractivity contribution is -0.140. The molecule has 1 heterocycles. The molecule has 0 radical (unpaired) electrons. The van der Waals surface area contributed by atoms with Crippen molar-refractivity contribution in [1.82, 2.24) is 0 Å². The van der Waals surface area contributed by atoms with Crippen molar-refractivity contribution < 1.29 is 65.5 Å². The molecule has 450 valence electrons. The molecule has 0 saturated carbocycles. The van der Waals surface area contributed by atoms with E-state index in [9.17, 15) is 32.3 Å². The fourth-order valence-corrected chi connectivity index (χ4v) is 10.0. The first kappa shape index (κ1) is 65.5. The average Bonchev–Trinajstić information content (AvgIpc) is 3.64. The van der Waals surface area contributed by atoms with E-state index in [0.29, 0.717) is 41.8 Å². The monoisotopic (exact) mass is 1150 g/mol. The first-order valence-electron chi connectivity index (χ1n) is 30.7. The molecule has 0 N–H and O–H groups in total. The Morgan fingerprint density at radius 3 is 1.16 bits per heavy atom. The van der Waals surface area contributed by atoms with Crippen molar-refractivity contribution in [1.29, 1.82) is 0 Å². The van der Waals surface area contributed by atoms with Crippen molar-refractivity contribution in [2.24, 2.45) is 0 Å². The van der Waals surface area contributed by atoms with Crippen molar-refractivity contribution in [3.05, 3.63) is 155 Å². The molecule has 14 heteroatoms. The molecule has 83 heavy (non-hydrogen) atoms. The van der Waals surface area contributed by atoms with Crippen LogP contribution in [0.15, 0.2) is 121 Å². The van der Waals surface area contributed by atoms with Gasteiger partial charge in [-0.25, -0.2) is 19.2 Å². The Bertz CT molecular complexity index is 2640. The Balaban J connectivity index is 0.935. The summed E-state index contributed by atoms with van der Waals surface area (Å²) in [5, 5.41) is 0. The lowest BCUT2D eigenvalue weighted by atomic mass is 9.95. The molecule has 0 bridgehead atoms. The molecule has 0 spiro atoms. The molecule has 1 aliphatic rings. The summed E-state index contributed by atoms with van der Waals surface area (Å²) in [7, 11) is 0. The van der Waals surface area contributed by atoms with Crippen LogP contribution >= 0.6 is 0 Å².